The maximum Gasteiger partial charge on any atom is 0.317 e. The average molecular weight is 385 g/mol. The zero-order valence-corrected chi connectivity index (χ0v) is 16.3. The number of carbonyl (C=O) groups is 2. The first-order valence-electron chi connectivity index (χ1n) is 9.67. The van der Waals surface area contributed by atoms with Crippen LogP contribution >= 0.6 is 0 Å². The predicted molar refractivity (Wildman–Crippen MR) is 103 cm³/mol. The summed E-state index contributed by atoms with van der Waals surface area (Å²) in [7, 11) is 0. The lowest BCUT2D eigenvalue weighted by Gasteiger charge is -2.34. The van der Waals surface area contributed by atoms with Crippen LogP contribution in [0.3, 0.4) is 0 Å². The van der Waals surface area contributed by atoms with Crippen molar-refractivity contribution in [2.45, 2.75) is 20.0 Å². The summed E-state index contributed by atoms with van der Waals surface area (Å²) in [5.41, 5.74) is 2.66. The fraction of sp³-hybridized carbons (Fsp3) is 0.550. The first kappa shape index (κ1) is 20.1. The van der Waals surface area contributed by atoms with Crippen LogP contribution in [0.5, 0.6) is 0 Å². The van der Waals surface area contributed by atoms with Gasteiger partial charge in [-0.05, 0) is 23.3 Å². The van der Waals surface area contributed by atoms with Crippen LogP contribution in [0, 0.1) is 11.3 Å². The van der Waals surface area contributed by atoms with Crippen LogP contribution in [-0.4, -0.2) is 79.1 Å². The molecule has 0 saturated carbocycles. The second kappa shape index (κ2) is 9.53. The standard InChI is InChI=1S/C20H27N5O3/c1-16(26)24-6-4-23(5-7-24)15-19-12-17(13-21)2-3-18(19)14-22-20(27)25-8-10-28-11-9-25/h2-3,12H,4-11,14-15H2,1H3,(H,22,27). The van der Waals surface area contributed by atoms with Gasteiger partial charge in [0.05, 0.1) is 24.8 Å². The van der Waals surface area contributed by atoms with Crippen molar-refractivity contribution < 1.29 is 14.3 Å². The van der Waals surface area contributed by atoms with Gasteiger partial charge in [0, 0.05) is 59.3 Å². The summed E-state index contributed by atoms with van der Waals surface area (Å²) >= 11 is 0. The van der Waals surface area contributed by atoms with Gasteiger partial charge in [-0.1, -0.05) is 6.07 Å². The number of nitriles is 1. The fourth-order valence-electron chi connectivity index (χ4n) is 3.53. The summed E-state index contributed by atoms with van der Waals surface area (Å²) in [6.45, 7) is 8.11. The van der Waals surface area contributed by atoms with Crippen molar-refractivity contribution in [2.75, 3.05) is 52.5 Å². The third-order valence-corrected chi connectivity index (χ3v) is 5.28. The Bertz CT molecular complexity index is 747. The summed E-state index contributed by atoms with van der Waals surface area (Å²) in [6.07, 6.45) is 0. The summed E-state index contributed by atoms with van der Waals surface area (Å²) in [5.74, 6) is 0.109. The molecule has 3 amide bonds. The Kier molecular flexibility index (Phi) is 6.85. The summed E-state index contributed by atoms with van der Waals surface area (Å²) < 4.78 is 5.28. The van der Waals surface area contributed by atoms with Crippen LogP contribution in [0.2, 0.25) is 0 Å². The lowest BCUT2D eigenvalue weighted by Crippen LogP contribution is -2.47. The Balaban J connectivity index is 1.62. The first-order valence-corrected chi connectivity index (χ1v) is 9.67. The van der Waals surface area contributed by atoms with Gasteiger partial charge in [-0.2, -0.15) is 5.26 Å². The molecule has 2 saturated heterocycles. The van der Waals surface area contributed by atoms with E-state index in [1.165, 1.54) is 0 Å². The normalized spacial score (nSPS) is 17.9. The van der Waals surface area contributed by atoms with Crippen molar-refractivity contribution in [1.82, 2.24) is 20.0 Å². The molecule has 2 aliphatic heterocycles. The molecule has 1 aromatic rings. The molecule has 2 aliphatic rings. The zero-order valence-electron chi connectivity index (χ0n) is 16.3. The molecule has 2 heterocycles. The minimum absolute atomic E-state index is 0.0892. The highest BCUT2D eigenvalue weighted by Crippen LogP contribution is 2.16. The Morgan fingerprint density at radius 2 is 1.79 bits per heavy atom. The lowest BCUT2D eigenvalue weighted by atomic mass is 10.0. The first-order chi connectivity index (χ1) is 13.6. The molecule has 0 aliphatic carbocycles. The van der Waals surface area contributed by atoms with Gasteiger partial charge in [-0.15, -0.1) is 0 Å². The molecule has 0 bridgehead atoms. The van der Waals surface area contributed by atoms with Gasteiger partial charge in [0.15, 0.2) is 0 Å². The van der Waals surface area contributed by atoms with Crippen LogP contribution in [0.15, 0.2) is 18.2 Å². The number of rotatable bonds is 4. The second-order valence-electron chi connectivity index (χ2n) is 7.14. The number of ether oxygens (including phenoxy) is 1. The Labute approximate surface area is 165 Å². The number of amides is 3. The van der Waals surface area contributed by atoms with E-state index in [9.17, 15) is 14.9 Å². The molecule has 0 unspecified atom stereocenters. The third kappa shape index (κ3) is 5.21. The van der Waals surface area contributed by atoms with E-state index in [1.807, 2.05) is 17.0 Å². The number of hydrogen-bond donors (Lipinski definition) is 1. The minimum Gasteiger partial charge on any atom is -0.378 e. The van der Waals surface area contributed by atoms with E-state index < -0.39 is 0 Å². The van der Waals surface area contributed by atoms with E-state index in [-0.39, 0.29) is 11.9 Å². The quantitative estimate of drug-likeness (QED) is 0.827. The number of hydrogen-bond acceptors (Lipinski definition) is 5. The molecule has 28 heavy (non-hydrogen) atoms. The van der Waals surface area contributed by atoms with Crippen molar-refractivity contribution >= 4 is 11.9 Å². The van der Waals surface area contributed by atoms with Gasteiger partial charge >= 0.3 is 6.03 Å². The average Bonchev–Trinajstić information content (AvgIpc) is 2.73. The van der Waals surface area contributed by atoms with E-state index in [4.69, 9.17) is 4.74 Å². The second-order valence-corrected chi connectivity index (χ2v) is 7.14. The number of morpholine rings is 1. The van der Waals surface area contributed by atoms with Crippen LogP contribution in [0.4, 0.5) is 4.79 Å². The summed E-state index contributed by atoms with van der Waals surface area (Å²) in [4.78, 5) is 29.7. The summed E-state index contributed by atoms with van der Waals surface area (Å²) in [6, 6.07) is 7.70. The highest BCUT2D eigenvalue weighted by molar-refractivity contribution is 5.74. The lowest BCUT2D eigenvalue weighted by molar-refractivity contribution is -0.130. The molecule has 8 heteroatoms. The largest absolute Gasteiger partial charge is 0.378 e. The molecule has 1 aromatic carbocycles. The van der Waals surface area contributed by atoms with Crippen LogP contribution in [-0.2, 0) is 22.6 Å². The number of nitrogens with one attached hydrogen (secondary N) is 1. The number of benzene rings is 1. The molecule has 2 fully saturated rings. The van der Waals surface area contributed by atoms with Crippen molar-refractivity contribution in [3.63, 3.8) is 0 Å². The van der Waals surface area contributed by atoms with E-state index in [0.29, 0.717) is 45.0 Å². The SMILES string of the molecule is CC(=O)N1CCN(Cc2cc(C#N)ccc2CNC(=O)N2CCOCC2)CC1. The van der Waals surface area contributed by atoms with Gasteiger partial charge in [0.25, 0.3) is 0 Å². The monoisotopic (exact) mass is 385 g/mol. The van der Waals surface area contributed by atoms with Crippen LogP contribution < -0.4 is 5.32 Å². The molecule has 0 radical (unpaired) electrons. The van der Waals surface area contributed by atoms with E-state index in [0.717, 1.165) is 37.3 Å². The summed E-state index contributed by atoms with van der Waals surface area (Å²) in [5, 5.41) is 12.2. The van der Waals surface area contributed by atoms with Crippen LogP contribution in [0.25, 0.3) is 0 Å². The maximum absolute atomic E-state index is 12.4. The van der Waals surface area contributed by atoms with Crippen molar-refractivity contribution in [3.8, 4) is 6.07 Å². The molecule has 0 spiro atoms. The molecular formula is C20H27N5O3. The van der Waals surface area contributed by atoms with Gasteiger partial charge in [0.2, 0.25) is 5.91 Å². The highest BCUT2D eigenvalue weighted by Gasteiger charge is 2.20. The fourth-order valence-corrected chi connectivity index (χ4v) is 3.53. The van der Waals surface area contributed by atoms with E-state index >= 15 is 0 Å². The predicted octanol–water partition coefficient (Wildman–Crippen LogP) is 0.764. The highest BCUT2D eigenvalue weighted by atomic mass is 16.5. The van der Waals surface area contributed by atoms with Crippen molar-refractivity contribution in [1.29, 1.82) is 5.26 Å². The topological polar surface area (TPSA) is 88.9 Å². The van der Waals surface area contributed by atoms with Crippen molar-refractivity contribution in [3.05, 3.63) is 34.9 Å². The van der Waals surface area contributed by atoms with Gasteiger partial charge < -0.3 is 19.9 Å². The number of carbonyl (C=O) groups excluding carboxylic acids is 2. The van der Waals surface area contributed by atoms with Gasteiger partial charge in [-0.3, -0.25) is 9.69 Å². The van der Waals surface area contributed by atoms with Crippen molar-refractivity contribution in [2.24, 2.45) is 0 Å². The molecule has 1 N–H and O–H groups in total. The third-order valence-electron chi connectivity index (χ3n) is 5.28. The molecular weight excluding hydrogens is 358 g/mol. The Hall–Kier alpha value is -2.63. The smallest absolute Gasteiger partial charge is 0.317 e. The number of piperazine rings is 1. The zero-order chi connectivity index (χ0) is 19.9. The van der Waals surface area contributed by atoms with Gasteiger partial charge in [-0.25, -0.2) is 4.79 Å². The molecule has 8 nitrogen and oxygen atoms in total. The molecule has 0 aromatic heterocycles. The molecule has 150 valence electrons. The van der Waals surface area contributed by atoms with E-state index in [2.05, 4.69) is 16.3 Å². The molecule has 0 atom stereocenters. The Morgan fingerprint density at radius 3 is 2.43 bits per heavy atom. The van der Waals surface area contributed by atoms with Crippen LogP contribution in [0.1, 0.15) is 23.6 Å². The number of urea groups is 1. The minimum atomic E-state index is -0.0892. The molecule has 3 rings (SSSR count). The number of nitrogens with zero attached hydrogens (tertiary/aromatic N) is 4. The maximum atomic E-state index is 12.4. The van der Waals surface area contributed by atoms with E-state index in [1.54, 1.807) is 17.9 Å². The Morgan fingerprint density at radius 1 is 1.07 bits per heavy atom. The van der Waals surface area contributed by atoms with Gasteiger partial charge in [0.1, 0.15) is 0 Å².